The molecule has 1 saturated heterocycles. The van der Waals surface area contributed by atoms with Gasteiger partial charge in [0.25, 0.3) is 0 Å². The highest BCUT2D eigenvalue weighted by molar-refractivity contribution is 5.75. The van der Waals surface area contributed by atoms with Crippen molar-refractivity contribution in [1.29, 1.82) is 0 Å². The van der Waals surface area contributed by atoms with Crippen molar-refractivity contribution in [2.24, 2.45) is 0 Å². The number of carboxylic acid groups (broad SMARTS) is 1. The lowest BCUT2D eigenvalue weighted by atomic mass is 9.97. The van der Waals surface area contributed by atoms with E-state index in [9.17, 15) is 22.8 Å². The maximum absolute atomic E-state index is 12.1. The van der Waals surface area contributed by atoms with E-state index in [1.807, 2.05) is 0 Å². The molecule has 1 rings (SSSR count). The molecule has 1 atom stereocenters. The summed E-state index contributed by atoms with van der Waals surface area (Å²) in [6.45, 7) is 2.72. The Hall–Kier alpha value is -1.51. The van der Waals surface area contributed by atoms with Crippen LogP contribution in [0.4, 0.5) is 18.0 Å². The van der Waals surface area contributed by atoms with Gasteiger partial charge in [0.15, 0.2) is 0 Å². The monoisotopic (exact) mass is 298 g/mol. The van der Waals surface area contributed by atoms with Crippen LogP contribution in [0.15, 0.2) is 0 Å². The van der Waals surface area contributed by atoms with Crippen LogP contribution < -0.4 is 5.32 Å². The number of halogens is 3. The van der Waals surface area contributed by atoms with Crippen molar-refractivity contribution in [3.63, 3.8) is 0 Å². The number of carboxylic acids is 1. The van der Waals surface area contributed by atoms with Crippen LogP contribution in [0, 0.1) is 0 Å². The molecule has 0 aromatic carbocycles. The van der Waals surface area contributed by atoms with Gasteiger partial charge in [0, 0.05) is 6.04 Å². The van der Waals surface area contributed by atoms with Crippen LogP contribution >= 0.6 is 0 Å². The molecule has 1 aliphatic heterocycles. The molecule has 0 bridgehead atoms. The predicted molar refractivity (Wildman–Crippen MR) is 62.2 cm³/mol. The number of alkyl halides is 3. The average molecular weight is 298 g/mol. The van der Waals surface area contributed by atoms with Crippen molar-refractivity contribution in [3.8, 4) is 0 Å². The second-order valence-electron chi connectivity index (χ2n) is 5.16. The van der Waals surface area contributed by atoms with Crippen LogP contribution in [0.1, 0.15) is 20.3 Å². The van der Waals surface area contributed by atoms with Crippen LogP contribution in [0.5, 0.6) is 0 Å². The van der Waals surface area contributed by atoms with Gasteiger partial charge in [-0.15, -0.1) is 0 Å². The van der Waals surface area contributed by atoms with E-state index in [4.69, 9.17) is 9.84 Å². The number of hydrogen-bond acceptors (Lipinski definition) is 3. The van der Waals surface area contributed by atoms with Crippen LogP contribution in [-0.4, -0.2) is 59.5 Å². The second-order valence-corrected chi connectivity index (χ2v) is 5.16. The molecule has 0 saturated carbocycles. The molecule has 0 aromatic rings. The molecule has 20 heavy (non-hydrogen) atoms. The number of ether oxygens (including phenoxy) is 1. The first-order valence-electron chi connectivity index (χ1n) is 5.99. The summed E-state index contributed by atoms with van der Waals surface area (Å²) in [6.07, 6.45) is -5.43. The lowest BCUT2D eigenvalue weighted by molar-refractivity contribution is -0.159. The molecule has 0 aromatic heterocycles. The van der Waals surface area contributed by atoms with Gasteiger partial charge < -0.3 is 20.1 Å². The Morgan fingerprint density at radius 2 is 2.00 bits per heavy atom. The Morgan fingerprint density at radius 1 is 1.45 bits per heavy atom. The molecule has 0 radical (unpaired) electrons. The summed E-state index contributed by atoms with van der Waals surface area (Å²) in [7, 11) is 0. The van der Waals surface area contributed by atoms with Crippen molar-refractivity contribution in [3.05, 3.63) is 0 Å². The summed E-state index contributed by atoms with van der Waals surface area (Å²) in [6, 6.07) is -1.63. The first kappa shape index (κ1) is 16.5. The maximum atomic E-state index is 12.1. The van der Waals surface area contributed by atoms with Crippen LogP contribution in [-0.2, 0) is 9.53 Å². The summed E-state index contributed by atoms with van der Waals surface area (Å²) in [4.78, 5) is 23.3. The summed E-state index contributed by atoms with van der Waals surface area (Å²) in [5.74, 6) is -1.12. The number of aliphatic carboxylic acids is 1. The van der Waals surface area contributed by atoms with Gasteiger partial charge in [0.05, 0.1) is 19.5 Å². The smallest absolute Gasteiger partial charge is 0.391 e. The van der Waals surface area contributed by atoms with Crippen molar-refractivity contribution in [1.82, 2.24) is 10.2 Å². The summed E-state index contributed by atoms with van der Waals surface area (Å²) in [5, 5.41) is 10.7. The van der Waals surface area contributed by atoms with Crippen molar-refractivity contribution < 1.29 is 32.6 Å². The van der Waals surface area contributed by atoms with Crippen LogP contribution in [0.25, 0.3) is 0 Å². The fourth-order valence-corrected chi connectivity index (χ4v) is 1.93. The third-order valence-corrected chi connectivity index (χ3v) is 2.79. The zero-order valence-corrected chi connectivity index (χ0v) is 11.2. The maximum Gasteiger partial charge on any atom is 0.391 e. The Bertz CT molecular complexity index is 380. The SMILES string of the molecule is CC(CC(F)(F)F)NC(=O)N1CC(C)(OCC(=O)O)C1. The number of nitrogens with one attached hydrogen (secondary N) is 1. The highest BCUT2D eigenvalue weighted by Crippen LogP contribution is 2.25. The molecular weight excluding hydrogens is 281 g/mol. The minimum absolute atomic E-state index is 0.144. The lowest BCUT2D eigenvalue weighted by Crippen LogP contribution is -2.65. The standard InChI is InChI=1S/C11H17F3N2O4/c1-7(3-11(12,13)14)15-9(19)16-5-10(2,6-16)20-4-8(17)18/h7H,3-6H2,1-2H3,(H,15,19)(H,17,18). The first-order valence-corrected chi connectivity index (χ1v) is 5.99. The number of nitrogens with zero attached hydrogens (tertiary/aromatic N) is 1. The van der Waals surface area contributed by atoms with Crippen LogP contribution in [0.2, 0.25) is 0 Å². The Labute approximate surface area is 113 Å². The number of carbonyl (C=O) groups is 2. The highest BCUT2D eigenvalue weighted by Gasteiger charge is 2.43. The zero-order valence-electron chi connectivity index (χ0n) is 11.2. The number of carbonyl (C=O) groups excluding carboxylic acids is 1. The van der Waals surface area contributed by atoms with Gasteiger partial charge in [-0.3, -0.25) is 0 Å². The van der Waals surface area contributed by atoms with Gasteiger partial charge in [0.2, 0.25) is 0 Å². The van der Waals surface area contributed by atoms with E-state index >= 15 is 0 Å². The van der Waals surface area contributed by atoms with Gasteiger partial charge in [-0.05, 0) is 13.8 Å². The molecule has 1 heterocycles. The summed E-state index contributed by atoms with van der Waals surface area (Å²) in [5.41, 5.74) is -0.761. The van der Waals surface area contributed by atoms with Crippen LogP contribution in [0.3, 0.4) is 0 Å². The van der Waals surface area contributed by atoms with Crippen molar-refractivity contribution in [2.75, 3.05) is 19.7 Å². The van der Waals surface area contributed by atoms with Crippen molar-refractivity contribution in [2.45, 2.75) is 38.1 Å². The Kier molecular flexibility index (Phi) is 4.85. The molecule has 9 heteroatoms. The van der Waals surface area contributed by atoms with Gasteiger partial charge in [-0.25, -0.2) is 9.59 Å². The second kappa shape index (κ2) is 5.86. The third kappa shape index (κ3) is 5.24. The van der Waals surface area contributed by atoms with E-state index in [1.165, 1.54) is 11.8 Å². The molecule has 0 spiro atoms. The molecule has 116 valence electrons. The number of rotatable bonds is 5. The van der Waals surface area contributed by atoms with Gasteiger partial charge in [-0.2, -0.15) is 13.2 Å². The minimum atomic E-state index is -4.33. The molecule has 1 fully saturated rings. The van der Waals surface area contributed by atoms with E-state index in [-0.39, 0.29) is 13.1 Å². The predicted octanol–water partition coefficient (Wildman–Crippen LogP) is 1.21. The fraction of sp³-hybridized carbons (Fsp3) is 0.818. The molecule has 1 unspecified atom stereocenters. The molecule has 0 aliphatic carbocycles. The average Bonchev–Trinajstić information content (AvgIpc) is 2.19. The topological polar surface area (TPSA) is 78.9 Å². The molecular formula is C11H17F3N2O4. The molecule has 2 N–H and O–H groups in total. The van der Waals surface area contributed by atoms with E-state index < -0.39 is 42.8 Å². The van der Waals surface area contributed by atoms with E-state index in [1.54, 1.807) is 6.92 Å². The van der Waals surface area contributed by atoms with Crippen molar-refractivity contribution >= 4 is 12.0 Å². The first-order chi connectivity index (χ1) is 9.01. The van der Waals surface area contributed by atoms with Gasteiger partial charge >= 0.3 is 18.2 Å². The third-order valence-electron chi connectivity index (χ3n) is 2.79. The number of urea groups is 1. The number of hydrogen-bond donors (Lipinski definition) is 2. The van der Waals surface area contributed by atoms with E-state index in [2.05, 4.69) is 5.32 Å². The quantitative estimate of drug-likeness (QED) is 0.799. The zero-order chi connectivity index (χ0) is 15.6. The van der Waals surface area contributed by atoms with Gasteiger partial charge in [0.1, 0.15) is 12.2 Å². The fourth-order valence-electron chi connectivity index (χ4n) is 1.93. The van der Waals surface area contributed by atoms with Gasteiger partial charge in [-0.1, -0.05) is 0 Å². The summed E-state index contributed by atoms with van der Waals surface area (Å²) < 4.78 is 41.4. The molecule has 6 nitrogen and oxygen atoms in total. The van der Waals surface area contributed by atoms with E-state index in [0.29, 0.717) is 0 Å². The largest absolute Gasteiger partial charge is 0.480 e. The Balaban J connectivity index is 2.32. The lowest BCUT2D eigenvalue weighted by Gasteiger charge is -2.47. The minimum Gasteiger partial charge on any atom is -0.480 e. The molecule has 1 aliphatic rings. The Morgan fingerprint density at radius 3 is 2.45 bits per heavy atom. The molecule has 2 amide bonds. The summed E-state index contributed by atoms with van der Waals surface area (Å²) >= 11 is 0. The number of amides is 2. The number of likely N-dealkylation sites (tertiary alicyclic amines) is 1. The normalized spacial score (nSPS) is 19.1. The van der Waals surface area contributed by atoms with E-state index in [0.717, 1.165) is 0 Å². The highest BCUT2D eigenvalue weighted by atomic mass is 19.4.